The molecule has 2 aromatic rings. The summed E-state index contributed by atoms with van der Waals surface area (Å²) in [5.41, 5.74) is 1.96. The summed E-state index contributed by atoms with van der Waals surface area (Å²) in [6, 6.07) is 8.26. The molecule has 0 saturated carbocycles. The Morgan fingerprint density at radius 3 is 2.64 bits per heavy atom. The van der Waals surface area contributed by atoms with Gasteiger partial charge in [-0.2, -0.15) is 0 Å². The SMILES string of the molecule is CNCC(C)C(=O)Nc1nc(-c2ccc(SC)cc2)cs1.Cl. The summed E-state index contributed by atoms with van der Waals surface area (Å²) in [5, 5.41) is 8.47. The van der Waals surface area contributed by atoms with Crippen molar-refractivity contribution in [2.75, 3.05) is 25.2 Å². The number of hydrogen-bond donors (Lipinski definition) is 2. The van der Waals surface area contributed by atoms with Crippen LogP contribution in [0, 0.1) is 5.92 Å². The van der Waals surface area contributed by atoms with Crippen molar-refractivity contribution in [1.29, 1.82) is 0 Å². The molecule has 2 rings (SSSR count). The van der Waals surface area contributed by atoms with Gasteiger partial charge in [0.25, 0.3) is 0 Å². The van der Waals surface area contributed by atoms with Crippen LogP contribution < -0.4 is 10.6 Å². The molecule has 1 aromatic carbocycles. The second-order valence-corrected chi connectivity index (χ2v) is 6.45. The average molecular weight is 358 g/mol. The maximum absolute atomic E-state index is 11.9. The zero-order valence-electron chi connectivity index (χ0n) is 12.8. The zero-order chi connectivity index (χ0) is 15.2. The van der Waals surface area contributed by atoms with Gasteiger partial charge in [-0.05, 0) is 25.4 Å². The maximum Gasteiger partial charge on any atom is 0.230 e. The summed E-state index contributed by atoms with van der Waals surface area (Å²) in [6.45, 7) is 2.54. The Kier molecular flexibility index (Phi) is 7.89. The normalized spacial score (nSPS) is 11.6. The number of thiazole rings is 1. The topological polar surface area (TPSA) is 54.0 Å². The molecule has 22 heavy (non-hydrogen) atoms. The van der Waals surface area contributed by atoms with Crippen LogP contribution in [-0.2, 0) is 4.79 Å². The van der Waals surface area contributed by atoms with E-state index in [1.165, 1.54) is 16.2 Å². The summed E-state index contributed by atoms with van der Waals surface area (Å²) >= 11 is 3.16. The van der Waals surface area contributed by atoms with Gasteiger partial charge in [-0.1, -0.05) is 19.1 Å². The highest BCUT2D eigenvalue weighted by Crippen LogP contribution is 2.26. The zero-order valence-corrected chi connectivity index (χ0v) is 15.2. The number of amides is 1. The maximum atomic E-state index is 11.9. The lowest BCUT2D eigenvalue weighted by Gasteiger charge is -2.09. The van der Waals surface area contributed by atoms with Gasteiger partial charge >= 0.3 is 0 Å². The third-order valence-electron chi connectivity index (χ3n) is 3.08. The van der Waals surface area contributed by atoms with Crippen LogP contribution in [0.2, 0.25) is 0 Å². The Hall–Kier alpha value is -1.08. The highest BCUT2D eigenvalue weighted by atomic mass is 35.5. The van der Waals surface area contributed by atoms with E-state index in [1.54, 1.807) is 11.8 Å². The molecule has 0 spiro atoms. The van der Waals surface area contributed by atoms with E-state index in [1.807, 2.05) is 19.4 Å². The number of thioether (sulfide) groups is 1. The molecule has 0 aliphatic heterocycles. The van der Waals surface area contributed by atoms with E-state index in [-0.39, 0.29) is 24.2 Å². The van der Waals surface area contributed by atoms with Crippen LogP contribution in [0.3, 0.4) is 0 Å². The number of nitrogens with zero attached hydrogens (tertiary/aromatic N) is 1. The Labute approximate surface area is 145 Å². The van der Waals surface area contributed by atoms with Gasteiger partial charge in [-0.25, -0.2) is 4.98 Å². The Morgan fingerprint density at radius 2 is 2.05 bits per heavy atom. The molecule has 0 fully saturated rings. The van der Waals surface area contributed by atoms with E-state index in [0.29, 0.717) is 11.7 Å². The highest BCUT2D eigenvalue weighted by molar-refractivity contribution is 7.98. The van der Waals surface area contributed by atoms with Crippen LogP contribution in [0.1, 0.15) is 6.92 Å². The quantitative estimate of drug-likeness (QED) is 0.773. The van der Waals surface area contributed by atoms with Crippen molar-refractivity contribution >= 4 is 46.5 Å². The molecule has 1 unspecified atom stereocenters. The fraction of sp³-hybridized carbons (Fsp3) is 0.333. The van der Waals surface area contributed by atoms with Crippen LogP contribution in [0.4, 0.5) is 5.13 Å². The third kappa shape index (κ3) is 4.98. The first-order valence-corrected chi connectivity index (χ1v) is 8.80. The second kappa shape index (κ2) is 9.15. The van der Waals surface area contributed by atoms with Crippen molar-refractivity contribution in [3.63, 3.8) is 0 Å². The molecular weight excluding hydrogens is 338 g/mol. The number of aromatic nitrogens is 1. The van der Waals surface area contributed by atoms with Gasteiger partial charge in [0.15, 0.2) is 5.13 Å². The Bertz CT molecular complexity index is 601. The lowest BCUT2D eigenvalue weighted by Crippen LogP contribution is -2.28. The molecule has 4 nitrogen and oxygen atoms in total. The summed E-state index contributed by atoms with van der Waals surface area (Å²) in [4.78, 5) is 17.6. The summed E-state index contributed by atoms with van der Waals surface area (Å²) < 4.78 is 0. The van der Waals surface area contributed by atoms with Crippen LogP contribution >= 0.6 is 35.5 Å². The van der Waals surface area contributed by atoms with E-state index in [0.717, 1.165) is 11.3 Å². The summed E-state index contributed by atoms with van der Waals surface area (Å²) in [6.07, 6.45) is 2.05. The number of benzene rings is 1. The van der Waals surface area contributed by atoms with Crippen molar-refractivity contribution in [2.45, 2.75) is 11.8 Å². The van der Waals surface area contributed by atoms with Crippen LogP contribution in [0.25, 0.3) is 11.3 Å². The number of carbonyl (C=O) groups is 1. The lowest BCUT2D eigenvalue weighted by atomic mass is 10.1. The van der Waals surface area contributed by atoms with Gasteiger partial charge in [0.2, 0.25) is 5.91 Å². The number of nitrogens with one attached hydrogen (secondary N) is 2. The molecule has 120 valence electrons. The first-order chi connectivity index (χ1) is 10.1. The predicted octanol–water partition coefficient (Wildman–Crippen LogP) is 3.75. The van der Waals surface area contributed by atoms with Crippen molar-refractivity contribution in [2.24, 2.45) is 5.92 Å². The first kappa shape index (κ1) is 19.0. The van der Waals surface area contributed by atoms with Gasteiger partial charge in [-0.15, -0.1) is 35.5 Å². The van der Waals surface area contributed by atoms with E-state index in [4.69, 9.17) is 0 Å². The molecule has 1 aromatic heterocycles. The highest BCUT2D eigenvalue weighted by Gasteiger charge is 2.14. The minimum atomic E-state index is -0.0804. The minimum absolute atomic E-state index is 0. The number of anilines is 1. The first-order valence-electron chi connectivity index (χ1n) is 6.69. The third-order valence-corrected chi connectivity index (χ3v) is 4.58. The van der Waals surface area contributed by atoms with Crippen LogP contribution in [0.5, 0.6) is 0 Å². The monoisotopic (exact) mass is 357 g/mol. The smallest absolute Gasteiger partial charge is 0.230 e. The standard InChI is InChI=1S/C15H19N3OS2.ClH/c1-10(8-16-2)14(19)18-15-17-13(9-21-15)11-4-6-12(20-3)7-5-11;/h4-7,9-10,16H,8H2,1-3H3,(H,17,18,19);1H. The Morgan fingerprint density at radius 1 is 1.36 bits per heavy atom. The molecule has 1 atom stereocenters. The number of hydrogen-bond acceptors (Lipinski definition) is 5. The van der Waals surface area contributed by atoms with Gasteiger partial charge in [0.1, 0.15) is 0 Å². The van der Waals surface area contributed by atoms with Crippen molar-refractivity contribution in [3.05, 3.63) is 29.6 Å². The fourth-order valence-corrected chi connectivity index (χ4v) is 2.98. The van der Waals surface area contributed by atoms with Gasteiger partial charge in [0.05, 0.1) is 5.69 Å². The van der Waals surface area contributed by atoms with Gasteiger partial charge in [0, 0.05) is 28.3 Å². The molecule has 2 N–H and O–H groups in total. The summed E-state index contributed by atoms with van der Waals surface area (Å²) in [7, 11) is 1.84. The minimum Gasteiger partial charge on any atom is -0.319 e. The number of halogens is 1. The van der Waals surface area contributed by atoms with Crippen molar-refractivity contribution in [1.82, 2.24) is 10.3 Å². The van der Waals surface area contributed by atoms with E-state index >= 15 is 0 Å². The number of carbonyl (C=O) groups excluding carboxylic acids is 1. The molecular formula is C15H20ClN3OS2. The van der Waals surface area contributed by atoms with Gasteiger partial charge in [-0.3, -0.25) is 4.79 Å². The molecule has 1 amide bonds. The van der Waals surface area contributed by atoms with E-state index < -0.39 is 0 Å². The summed E-state index contributed by atoms with van der Waals surface area (Å²) in [5.74, 6) is -0.0915. The molecule has 0 aliphatic rings. The van der Waals surface area contributed by atoms with E-state index in [2.05, 4.69) is 46.1 Å². The molecule has 0 bridgehead atoms. The molecule has 0 aliphatic carbocycles. The lowest BCUT2D eigenvalue weighted by molar-refractivity contribution is -0.119. The molecule has 0 saturated heterocycles. The Balaban J connectivity index is 0.00000242. The largest absolute Gasteiger partial charge is 0.319 e. The molecule has 1 heterocycles. The number of rotatable bonds is 6. The fourth-order valence-electron chi connectivity index (χ4n) is 1.85. The molecule has 7 heteroatoms. The second-order valence-electron chi connectivity index (χ2n) is 4.71. The molecule has 0 radical (unpaired) electrons. The average Bonchev–Trinajstić information content (AvgIpc) is 2.96. The van der Waals surface area contributed by atoms with Crippen molar-refractivity contribution in [3.8, 4) is 11.3 Å². The van der Waals surface area contributed by atoms with Crippen LogP contribution in [-0.4, -0.2) is 30.7 Å². The van der Waals surface area contributed by atoms with Crippen LogP contribution in [0.15, 0.2) is 34.5 Å². The van der Waals surface area contributed by atoms with E-state index in [9.17, 15) is 4.79 Å². The predicted molar refractivity (Wildman–Crippen MR) is 98.3 cm³/mol. The van der Waals surface area contributed by atoms with Gasteiger partial charge < -0.3 is 10.6 Å². The van der Waals surface area contributed by atoms with Crippen molar-refractivity contribution < 1.29 is 4.79 Å².